The zero-order valence-corrected chi connectivity index (χ0v) is 71.7. The molecule has 111 heavy (non-hydrogen) atoms. The summed E-state index contributed by atoms with van der Waals surface area (Å²) in [5, 5.41) is 0. The van der Waals surface area contributed by atoms with Crippen LogP contribution in [-0.4, -0.2) is 114 Å². The molecule has 0 aliphatic carbocycles. The molecule has 0 atom stereocenters. The quantitative estimate of drug-likeness (QED) is 0.0452. The average molecular weight is 1740 g/mol. The van der Waals surface area contributed by atoms with Gasteiger partial charge in [0.25, 0.3) is 0 Å². The van der Waals surface area contributed by atoms with Crippen LogP contribution >= 0.6 is 59.6 Å². The van der Waals surface area contributed by atoms with Gasteiger partial charge >= 0.3 is 38.1 Å². The largest absolute Gasteiger partial charge is 0.498 e. The highest BCUT2D eigenvalue weighted by Gasteiger charge is 2.53. The zero-order chi connectivity index (χ0) is 83.3. The van der Waals surface area contributed by atoms with E-state index in [1.807, 2.05) is 51.6 Å². The molecule has 3 aliphatic rings. The number of nitrogen functional groups attached to an aromatic ring is 4. The molecule has 30 heteroatoms. The number of esters is 4. The Hall–Kier alpha value is -8.22. The van der Waals surface area contributed by atoms with E-state index in [4.69, 9.17) is 60.5 Å². The van der Waals surface area contributed by atoms with E-state index in [0.29, 0.717) is 49.5 Å². The molecule has 2 saturated heterocycles. The van der Waals surface area contributed by atoms with E-state index in [1.165, 1.54) is 59.8 Å². The van der Waals surface area contributed by atoms with Crippen molar-refractivity contribution in [2.45, 2.75) is 190 Å². The second kappa shape index (κ2) is 37.6. The lowest BCUT2D eigenvalue weighted by Gasteiger charge is -2.32. The number of benzene rings is 4. The number of nitrogens with zero attached hydrogens (tertiary/aromatic N) is 4. The first-order valence-electron chi connectivity index (χ1n) is 35.2. The first kappa shape index (κ1) is 91.7. The molecule has 20 nitrogen and oxygen atoms in total. The topological polar surface area (TPSA) is 298 Å². The van der Waals surface area contributed by atoms with Crippen LogP contribution in [0.3, 0.4) is 0 Å². The SMILES string of the molecule is CC(C)(C)OC(=O)c1ccc(-c2cc(Br)cnc2N)cc1F.CC(C)(C)OC(=O)c1ccc(-c2cc(Br)cnc2N)cc1F.CC(C)(C)OC(=O)c1ccc(-c2cccnc2N)cc1F.CC(C)(C)OC(=O)c1ccc(Br)cc1F.CC1(C)OB(C2=CCSCC2)OC1(C)C.CC1(C)OB(c2cccnc2N)OC1(C)C. The smallest absolute Gasteiger partial charge is 0.456 e. The van der Waals surface area contributed by atoms with Crippen molar-refractivity contribution >= 4 is 126 Å². The lowest BCUT2D eigenvalue weighted by Crippen LogP contribution is -2.41. The van der Waals surface area contributed by atoms with Crippen LogP contribution in [0.4, 0.5) is 40.8 Å². The molecule has 0 saturated carbocycles. The van der Waals surface area contributed by atoms with Gasteiger partial charge in [0.05, 0.1) is 44.7 Å². The monoisotopic (exact) mass is 1740 g/mol. The number of halogens is 7. The van der Waals surface area contributed by atoms with Crippen molar-refractivity contribution in [1.29, 1.82) is 0 Å². The zero-order valence-electron chi connectivity index (χ0n) is 66.1. The minimum atomic E-state index is -0.697. The Balaban J connectivity index is 0.000000209. The van der Waals surface area contributed by atoms with Crippen molar-refractivity contribution in [2.75, 3.05) is 34.4 Å². The third kappa shape index (κ3) is 27.0. The second-order valence-corrected chi connectivity index (χ2v) is 35.5. The number of nitrogens with two attached hydrogens (primary N) is 4. The summed E-state index contributed by atoms with van der Waals surface area (Å²) in [5.74, 6) is -1.66. The lowest BCUT2D eigenvalue weighted by atomic mass is 9.76. The maximum absolute atomic E-state index is 14.2. The molecule has 2 fully saturated rings. The number of ether oxygens (including phenoxy) is 4. The number of carbonyl (C=O) groups is 4. The molecule has 4 aromatic carbocycles. The Labute approximate surface area is 678 Å². The van der Waals surface area contributed by atoms with Gasteiger partial charge in [0.2, 0.25) is 0 Å². The summed E-state index contributed by atoms with van der Waals surface area (Å²) < 4.78 is 102. The number of pyridine rings is 4. The number of carbonyl (C=O) groups excluding carboxylic acids is 4. The molecular formula is C81H97B2Br3F4N8O12S. The van der Waals surface area contributed by atoms with Crippen molar-refractivity contribution < 1.29 is 74.3 Å². The van der Waals surface area contributed by atoms with Gasteiger partial charge in [0, 0.05) is 66.1 Å². The van der Waals surface area contributed by atoms with E-state index in [0.717, 1.165) is 26.6 Å². The highest BCUT2D eigenvalue weighted by molar-refractivity contribution is 9.11. The molecule has 8 aromatic rings. The van der Waals surface area contributed by atoms with Gasteiger partial charge in [-0.3, -0.25) is 0 Å². The lowest BCUT2D eigenvalue weighted by molar-refractivity contribution is 0.00518. The summed E-state index contributed by atoms with van der Waals surface area (Å²) in [5.41, 5.74) is 24.6. The molecule has 4 aromatic heterocycles. The predicted molar refractivity (Wildman–Crippen MR) is 443 cm³/mol. The number of hydrogen-bond acceptors (Lipinski definition) is 21. The first-order chi connectivity index (χ1) is 51.2. The van der Waals surface area contributed by atoms with Crippen molar-refractivity contribution in [1.82, 2.24) is 19.9 Å². The van der Waals surface area contributed by atoms with Gasteiger partial charge in [0.1, 0.15) is 68.9 Å². The van der Waals surface area contributed by atoms with E-state index >= 15 is 0 Å². The number of allylic oxidation sites excluding steroid dienone is 1. The Bertz CT molecular complexity index is 4530. The Kier molecular flexibility index (Phi) is 31.1. The Morgan fingerprint density at radius 3 is 1.07 bits per heavy atom. The molecule has 0 unspecified atom stereocenters. The maximum Gasteiger partial charge on any atom is 0.498 e. The van der Waals surface area contributed by atoms with Crippen LogP contribution in [0.1, 0.15) is 186 Å². The highest BCUT2D eigenvalue weighted by atomic mass is 79.9. The minimum absolute atomic E-state index is 0.0480. The summed E-state index contributed by atoms with van der Waals surface area (Å²) >= 11 is 11.7. The normalized spacial score (nSPS) is 15.3. The Morgan fingerprint density at radius 2 is 0.748 bits per heavy atom. The summed E-state index contributed by atoms with van der Waals surface area (Å²) in [6.45, 7) is 37.2. The van der Waals surface area contributed by atoms with E-state index in [-0.39, 0.29) is 63.4 Å². The van der Waals surface area contributed by atoms with Crippen LogP contribution in [0.25, 0.3) is 33.4 Å². The average Bonchev–Trinajstić information content (AvgIpc) is 1.62. The fourth-order valence-corrected chi connectivity index (χ4v) is 11.8. The van der Waals surface area contributed by atoms with Gasteiger partial charge in [-0.1, -0.05) is 46.3 Å². The molecule has 0 bridgehead atoms. The number of anilines is 4. The van der Waals surface area contributed by atoms with Crippen LogP contribution in [-0.2, 0) is 37.6 Å². The van der Waals surface area contributed by atoms with Gasteiger partial charge in [-0.05, 0) is 290 Å². The van der Waals surface area contributed by atoms with Crippen LogP contribution in [0.2, 0.25) is 0 Å². The third-order valence-corrected chi connectivity index (χ3v) is 19.0. The molecule has 8 N–H and O–H groups in total. The molecule has 7 heterocycles. The van der Waals surface area contributed by atoms with Crippen LogP contribution < -0.4 is 28.4 Å². The predicted octanol–water partition coefficient (Wildman–Crippen LogP) is 19.0. The van der Waals surface area contributed by atoms with Gasteiger partial charge in [-0.15, -0.1) is 0 Å². The number of rotatable bonds is 9. The van der Waals surface area contributed by atoms with E-state index < -0.39 is 76.7 Å². The minimum Gasteiger partial charge on any atom is -0.456 e. The maximum atomic E-state index is 14.2. The van der Waals surface area contributed by atoms with Crippen molar-refractivity contribution in [3.05, 3.63) is 204 Å². The van der Waals surface area contributed by atoms with Crippen LogP contribution in [0, 0.1) is 23.3 Å². The molecule has 11 rings (SSSR count). The molecular weight excluding hydrogens is 1650 g/mol. The Morgan fingerprint density at radius 1 is 0.423 bits per heavy atom. The fourth-order valence-electron chi connectivity index (χ4n) is 9.90. The van der Waals surface area contributed by atoms with Gasteiger partial charge in [-0.2, -0.15) is 11.8 Å². The van der Waals surface area contributed by atoms with Crippen LogP contribution in [0.5, 0.6) is 0 Å². The summed E-state index contributed by atoms with van der Waals surface area (Å²) in [7, 11) is -0.547. The van der Waals surface area contributed by atoms with Gasteiger partial charge in [0.15, 0.2) is 0 Å². The van der Waals surface area contributed by atoms with Gasteiger partial charge < -0.3 is 60.5 Å². The molecule has 3 aliphatic heterocycles. The molecule has 0 amide bonds. The summed E-state index contributed by atoms with van der Waals surface area (Å²) in [6.07, 6.45) is 9.70. The number of hydrogen-bond donors (Lipinski definition) is 4. The second-order valence-electron chi connectivity index (χ2n) is 31.6. The number of aromatic nitrogens is 4. The van der Waals surface area contributed by atoms with Crippen LogP contribution in [0.15, 0.2) is 159 Å². The van der Waals surface area contributed by atoms with E-state index in [9.17, 15) is 36.7 Å². The molecule has 0 radical (unpaired) electrons. The number of thioether (sulfide) groups is 1. The summed E-state index contributed by atoms with van der Waals surface area (Å²) in [4.78, 5) is 63.3. The van der Waals surface area contributed by atoms with Gasteiger partial charge in [-0.25, -0.2) is 56.7 Å². The fraction of sp³-hybridized carbons (Fsp3) is 0.383. The third-order valence-electron chi connectivity index (χ3n) is 16.8. The van der Waals surface area contributed by atoms with Crippen molar-refractivity contribution in [3.8, 4) is 33.4 Å². The molecule has 594 valence electrons. The molecule has 0 spiro atoms. The van der Waals surface area contributed by atoms with E-state index in [1.54, 1.807) is 156 Å². The highest BCUT2D eigenvalue weighted by Crippen LogP contribution is 2.41. The van der Waals surface area contributed by atoms with Crippen molar-refractivity contribution in [2.24, 2.45) is 0 Å². The van der Waals surface area contributed by atoms with Crippen molar-refractivity contribution in [3.63, 3.8) is 0 Å². The first-order valence-corrected chi connectivity index (χ1v) is 38.7. The standard InChI is InChI=1S/2C16H16BrFN2O2.C16H17FN2O2.C11H17BN2O2.C11H19BO2S.C11H12BrFO2/c2*1-16(2,3)22-15(21)11-5-4-9(6-13(11)18)12-7-10(17)8-20-14(12)19;1-16(2,3)21-15(20)12-7-6-10(9-13(12)17)11-5-4-8-19-14(11)18;1-10(2)11(3,4)16-12(15-10)8-6-5-7-14-9(8)13;1-10(2)11(3,4)14-12(13-10)9-5-7-15-8-6-9;1-11(2,3)15-10(14)8-5-4-7(12)6-9(8)13/h2*4-8H,1-3H3,(H2,19,20);4-9H,1-3H3,(H2,18,19);5-7H,1-4H3,(H2,13,14);5H,6-8H2,1-4H3;4-6H,1-3H3. The summed E-state index contributed by atoms with van der Waals surface area (Å²) in [6, 6.07) is 27.6. The van der Waals surface area contributed by atoms with E-state index in [2.05, 4.69) is 101 Å².